The molecule has 3 heterocycles. The Hall–Kier alpha value is -2.50. The van der Waals surface area contributed by atoms with Gasteiger partial charge >= 0.3 is 0 Å². The van der Waals surface area contributed by atoms with Crippen LogP contribution in [0.3, 0.4) is 0 Å². The van der Waals surface area contributed by atoms with Gasteiger partial charge in [0.05, 0.1) is 23.3 Å². The number of hydrogen-bond donors (Lipinski definition) is 0. The summed E-state index contributed by atoms with van der Waals surface area (Å²) >= 11 is 0. The number of benzene rings is 2. The van der Waals surface area contributed by atoms with Crippen molar-refractivity contribution in [3.05, 3.63) is 70.8 Å². The number of imide groups is 1. The standard InChI is InChI=1S/C23H24N2O3/c26-21-18-7-2-3-8-19(18)22(27)25(21)13-5-12-24-14-10-23(11-15-24)20-9-4-1-6-17(20)16-28-23/h1-4,6-9H,5,10-16H2. The molecule has 0 bridgehead atoms. The Balaban J connectivity index is 1.15. The van der Waals surface area contributed by atoms with Crippen molar-refractivity contribution in [2.45, 2.75) is 31.5 Å². The van der Waals surface area contributed by atoms with E-state index in [2.05, 4.69) is 29.2 Å². The fourth-order valence-electron chi connectivity index (χ4n) is 4.83. The first-order valence-corrected chi connectivity index (χ1v) is 10.1. The number of ether oxygens (including phenoxy) is 1. The van der Waals surface area contributed by atoms with E-state index in [0.29, 0.717) is 17.7 Å². The van der Waals surface area contributed by atoms with Crippen molar-refractivity contribution in [1.82, 2.24) is 9.80 Å². The van der Waals surface area contributed by atoms with E-state index in [1.807, 2.05) is 0 Å². The average molecular weight is 376 g/mol. The zero-order valence-electron chi connectivity index (χ0n) is 15.9. The highest BCUT2D eigenvalue weighted by Gasteiger charge is 2.42. The van der Waals surface area contributed by atoms with Gasteiger partial charge in [0.25, 0.3) is 11.8 Å². The van der Waals surface area contributed by atoms with Gasteiger partial charge in [0.15, 0.2) is 0 Å². The number of rotatable bonds is 4. The minimum atomic E-state index is -0.158. The van der Waals surface area contributed by atoms with E-state index in [0.717, 1.165) is 45.5 Å². The fraction of sp³-hybridized carbons (Fsp3) is 0.391. The summed E-state index contributed by atoms with van der Waals surface area (Å²) in [6.45, 7) is 4.06. The van der Waals surface area contributed by atoms with Gasteiger partial charge in [-0.15, -0.1) is 0 Å². The minimum absolute atomic E-state index is 0.115. The van der Waals surface area contributed by atoms with Crippen LogP contribution in [-0.4, -0.2) is 47.8 Å². The molecule has 0 aromatic heterocycles. The second-order valence-corrected chi connectivity index (χ2v) is 7.94. The Labute approximate surface area is 164 Å². The molecule has 5 rings (SSSR count). The zero-order valence-corrected chi connectivity index (χ0v) is 15.9. The summed E-state index contributed by atoms with van der Waals surface area (Å²) in [5.74, 6) is -0.316. The molecule has 1 saturated heterocycles. The molecular formula is C23H24N2O3. The zero-order chi connectivity index (χ0) is 19.1. The maximum absolute atomic E-state index is 12.5. The molecule has 2 amide bonds. The van der Waals surface area contributed by atoms with Crippen LogP contribution in [0.15, 0.2) is 48.5 Å². The normalized spacial score (nSPS) is 20.6. The van der Waals surface area contributed by atoms with Crippen molar-refractivity contribution in [2.24, 2.45) is 0 Å². The lowest BCUT2D eigenvalue weighted by molar-refractivity contribution is -0.0788. The van der Waals surface area contributed by atoms with E-state index >= 15 is 0 Å². The largest absolute Gasteiger partial charge is 0.365 e. The van der Waals surface area contributed by atoms with Gasteiger partial charge in [0.1, 0.15) is 0 Å². The predicted molar refractivity (Wildman–Crippen MR) is 105 cm³/mol. The monoisotopic (exact) mass is 376 g/mol. The third-order valence-electron chi connectivity index (χ3n) is 6.41. The van der Waals surface area contributed by atoms with E-state index in [1.54, 1.807) is 24.3 Å². The number of carbonyl (C=O) groups excluding carboxylic acids is 2. The van der Waals surface area contributed by atoms with E-state index < -0.39 is 0 Å². The fourth-order valence-corrected chi connectivity index (χ4v) is 4.83. The second kappa shape index (κ2) is 6.83. The molecule has 5 heteroatoms. The Morgan fingerprint density at radius 1 is 0.857 bits per heavy atom. The molecule has 0 radical (unpaired) electrons. The second-order valence-electron chi connectivity index (χ2n) is 7.94. The summed E-state index contributed by atoms with van der Waals surface area (Å²) in [6.07, 6.45) is 2.80. The van der Waals surface area contributed by atoms with Gasteiger partial charge in [-0.3, -0.25) is 14.5 Å². The molecule has 0 aliphatic carbocycles. The Morgan fingerprint density at radius 2 is 1.50 bits per heavy atom. The molecule has 0 atom stereocenters. The maximum Gasteiger partial charge on any atom is 0.261 e. The topological polar surface area (TPSA) is 49.9 Å². The summed E-state index contributed by atoms with van der Waals surface area (Å²) < 4.78 is 6.23. The van der Waals surface area contributed by atoms with Gasteiger partial charge in [-0.25, -0.2) is 0 Å². The van der Waals surface area contributed by atoms with Crippen molar-refractivity contribution in [3.63, 3.8) is 0 Å². The average Bonchev–Trinajstić information content (AvgIpc) is 3.21. The van der Waals surface area contributed by atoms with Crippen molar-refractivity contribution >= 4 is 11.8 Å². The van der Waals surface area contributed by atoms with Gasteiger partial charge in [-0.1, -0.05) is 36.4 Å². The van der Waals surface area contributed by atoms with Crippen LogP contribution in [0.4, 0.5) is 0 Å². The lowest BCUT2D eigenvalue weighted by Gasteiger charge is -2.39. The lowest BCUT2D eigenvalue weighted by atomic mass is 9.84. The highest BCUT2D eigenvalue weighted by molar-refractivity contribution is 6.21. The molecule has 2 aromatic carbocycles. The van der Waals surface area contributed by atoms with Crippen LogP contribution in [0.5, 0.6) is 0 Å². The van der Waals surface area contributed by atoms with Crippen LogP contribution in [-0.2, 0) is 16.9 Å². The molecule has 0 N–H and O–H groups in total. The Kier molecular flexibility index (Phi) is 4.29. The number of amides is 2. The van der Waals surface area contributed by atoms with Gasteiger partial charge in [0.2, 0.25) is 0 Å². The van der Waals surface area contributed by atoms with E-state index in [4.69, 9.17) is 4.74 Å². The lowest BCUT2D eigenvalue weighted by Crippen LogP contribution is -2.43. The molecule has 3 aliphatic heterocycles. The molecule has 144 valence electrons. The van der Waals surface area contributed by atoms with Crippen LogP contribution in [0, 0.1) is 0 Å². The van der Waals surface area contributed by atoms with Gasteiger partial charge in [-0.05, 0) is 49.1 Å². The number of hydrogen-bond acceptors (Lipinski definition) is 4. The molecular weight excluding hydrogens is 352 g/mol. The van der Waals surface area contributed by atoms with E-state index in [-0.39, 0.29) is 17.4 Å². The molecule has 28 heavy (non-hydrogen) atoms. The third-order valence-corrected chi connectivity index (χ3v) is 6.41. The van der Waals surface area contributed by atoms with Crippen molar-refractivity contribution in [1.29, 1.82) is 0 Å². The van der Waals surface area contributed by atoms with Gasteiger partial charge in [0, 0.05) is 19.6 Å². The first-order chi connectivity index (χ1) is 13.7. The third kappa shape index (κ3) is 2.77. The summed E-state index contributed by atoms with van der Waals surface area (Å²) in [4.78, 5) is 28.7. The highest BCUT2D eigenvalue weighted by atomic mass is 16.5. The van der Waals surface area contributed by atoms with E-state index in [9.17, 15) is 9.59 Å². The molecule has 0 saturated carbocycles. The first-order valence-electron chi connectivity index (χ1n) is 10.1. The van der Waals surface area contributed by atoms with Crippen LogP contribution in [0.1, 0.15) is 51.1 Å². The van der Waals surface area contributed by atoms with Crippen LogP contribution >= 0.6 is 0 Å². The van der Waals surface area contributed by atoms with Crippen molar-refractivity contribution in [3.8, 4) is 0 Å². The van der Waals surface area contributed by atoms with Crippen LogP contribution in [0.25, 0.3) is 0 Å². The number of carbonyl (C=O) groups is 2. The van der Waals surface area contributed by atoms with Crippen molar-refractivity contribution in [2.75, 3.05) is 26.2 Å². The maximum atomic E-state index is 12.5. The van der Waals surface area contributed by atoms with Crippen LogP contribution in [0.2, 0.25) is 0 Å². The Morgan fingerprint density at radius 3 is 2.21 bits per heavy atom. The SMILES string of the molecule is O=C1c2ccccc2C(=O)N1CCCN1CCC2(CC1)OCc1ccccc12. The molecule has 5 nitrogen and oxygen atoms in total. The molecule has 2 aromatic rings. The smallest absolute Gasteiger partial charge is 0.261 e. The summed E-state index contributed by atoms with van der Waals surface area (Å²) in [5, 5.41) is 0. The number of fused-ring (bicyclic) bond motifs is 3. The number of likely N-dealkylation sites (tertiary alicyclic amines) is 1. The summed E-state index contributed by atoms with van der Waals surface area (Å²) in [6, 6.07) is 15.6. The summed E-state index contributed by atoms with van der Waals surface area (Å²) in [5.41, 5.74) is 3.63. The molecule has 1 fully saturated rings. The number of piperidine rings is 1. The van der Waals surface area contributed by atoms with Crippen molar-refractivity contribution < 1.29 is 14.3 Å². The van der Waals surface area contributed by atoms with Crippen LogP contribution < -0.4 is 0 Å². The molecule has 0 unspecified atom stereocenters. The Bertz CT molecular complexity index is 896. The molecule has 1 spiro atoms. The minimum Gasteiger partial charge on any atom is -0.365 e. The van der Waals surface area contributed by atoms with E-state index in [1.165, 1.54) is 16.0 Å². The first kappa shape index (κ1) is 17.6. The summed E-state index contributed by atoms with van der Waals surface area (Å²) in [7, 11) is 0. The molecule has 3 aliphatic rings. The van der Waals surface area contributed by atoms with Gasteiger partial charge < -0.3 is 9.64 Å². The highest BCUT2D eigenvalue weighted by Crippen LogP contribution is 2.43. The predicted octanol–water partition coefficient (Wildman–Crippen LogP) is 3.19. The number of nitrogens with zero attached hydrogens (tertiary/aromatic N) is 2. The van der Waals surface area contributed by atoms with Gasteiger partial charge in [-0.2, -0.15) is 0 Å². The quantitative estimate of drug-likeness (QED) is 0.769.